The van der Waals surface area contributed by atoms with Gasteiger partial charge < -0.3 is 21.9 Å². The van der Waals surface area contributed by atoms with E-state index in [9.17, 15) is 18.0 Å². The number of hydrogen-bond donors (Lipinski definition) is 4. The number of alkyl halides is 3. The molecule has 0 bridgehead atoms. The van der Waals surface area contributed by atoms with Gasteiger partial charge in [0.15, 0.2) is 5.69 Å². The van der Waals surface area contributed by atoms with Gasteiger partial charge in [0.05, 0.1) is 35.8 Å². The fourth-order valence-corrected chi connectivity index (χ4v) is 2.46. The number of anilines is 2. The molecule has 0 fully saturated rings. The number of carbonyl (C=O) groups is 1. The van der Waals surface area contributed by atoms with Crippen molar-refractivity contribution >= 4 is 29.8 Å². The van der Waals surface area contributed by atoms with Crippen LogP contribution in [0, 0.1) is 22.1 Å². The third-order valence-corrected chi connectivity index (χ3v) is 3.81. The maximum Gasteiger partial charge on any atom is 0.433 e. The van der Waals surface area contributed by atoms with Gasteiger partial charge in [0.2, 0.25) is 0 Å². The molecular formula is C19H16F3N9O. The molecule has 0 saturated heterocycles. The number of carbonyl (C=O) groups excluding carboxylic acids is 1. The minimum Gasteiger partial charge on any atom is -0.383 e. The van der Waals surface area contributed by atoms with E-state index < -0.39 is 23.3 Å². The van der Waals surface area contributed by atoms with Crippen molar-refractivity contribution < 1.29 is 18.0 Å². The molecule has 3 heterocycles. The highest BCUT2D eigenvalue weighted by atomic mass is 19.4. The van der Waals surface area contributed by atoms with Crippen molar-refractivity contribution in [3.05, 3.63) is 65.4 Å². The second kappa shape index (κ2) is 10.4. The molecule has 1 amide bonds. The van der Waals surface area contributed by atoms with Crippen LogP contribution in [-0.4, -0.2) is 38.1 Å². The lowest BCUT2D eigenvalue weighted by Gasteiger charge is -2.13. The Bertz CT molecular complexity index is 1150. The van der Waals surface area contributed by atoms with Crippen molar-refractivity contribution in [1.29, 1.82) is 16.1 Å². The highest BCUT2D eigenvalue weighted by Gasteiger charge is 2.40. The lowest BCUT2D eigenvalue weighted by Crippen LogP contribution is -2.21. The number of nitrogens with zero attached hydrogens (tertiary/aromatic N) is 5. The first-order valence-electron chi connectivity index (χ1n) is 8.69. The molecule has 0 saturated carbocycles. The number of nitriles is 1. The Hall–Kier alpha value is -4.60. The predicted octanol–water partition coefficient (Wildman–Crippen LogP) is 2.73. The van der Waals surface area contributed by atoms with E-state index >= 15 is 0 Å². The number of halogens is 3. The summed E-state index contributed by atoms with van der Waals surface area (Å²) in [6.45, 7) is -0.188. The second-order valence-corrected chi connectivity index (χ2v) is 5.97. The standard InChI is InChI=1S/C17H12F3N7O.C2H4N2/c18-17(19,20)14-13(8-25-27(14)9-10-1-3-23-4-2-10)16(28)26-12-5-11(6-21)15(22)24-7-12;3-1-2-4/h1-5,7-8H,9H2,(H2,22,24)(H,26,28);1-4H. The van der Waals surface area contributed by atoms with Crippen LogP contribution >= 0.6 is 0 Å². The molecule has 3 aromatic heterocycles. The Labute approximate surface area is 179 Å². The van der Waals surface area contributed by atoms with E-state index in [0.717, 1.165) is 24.8 Å². The van der Waals surface area contributed by atoms with E-state index in [1.807, 2.05) is 0 Å². The molecule has 32 heavy (non-hydrogen) atoms. The maximum atomic E-state index is 13.6. The van der Waals surface area contributed by atoms with Gasteiger partial charge in [-0.3, -0.25) is 14.5 Å². The van der Waals surface area contributed by atoms with Crippen LogP contribution in [0.15, 0.2) is 43.0 Å². The minimum atomic E-state index is -4.81. The molecule has 0 unspecified atom stereocenters. The number of pyridine rings is 2. The molecule has 10 nitrogen and oxygen atoms in total. The number of aromatic nitrogens is 4. The molecule has 5 N–H and O–H groups in total. The van der Waals surface area contributed by atoms with Crippen LogP contribution < -0.4 is 11.1 Å². The summed E-state index contributed by atoms with van der Waals surface area (Å²) in [5, 5.41) is 27.1. The summed E-state index contributed by atoms with van der Waals surface area (Å²) in [4.78, 5) is 19.9. The largest absolute Gasteiger partial charge is 0.433 e. The average Bonchev–Trinajstić information content (AvgIpc) is 3.20. The number of rotatable bonds is 5. The predicted molar refractivity (Wildman–Crippen MR) is 109 cm³/mol. The van der Waals surface area contributed by atoms with Crippen LogP contribution in [0.2, 0.25) is 0 Å². The maximum absolute atomic E-state index is 13.6. The van der Waals surface area contributed by atoms with Gasteiger partial charge in [-0.25, -0.2) is 4.98 Å². The lowest BCUT2D eigenvalue weighted by molar-refractivity contribution is -0.144. The number of nitrogen functional groups attached to an aromatic ring is 1. The molecule has 0 aliphatic rings. The first-order valence-corrected chi connectivity index (χ1v) is 8.69. The first-order chi connectivity index (χ1) is 15.2. The van der Waals surface area contributed by atoms with Crippen LogP contribution in [0.5, 0.6) is 0 Å². The number of hydrogen-bond acceptors (Lipinski definition) is 8. The van der Waals surface area contributed by atoms with Crippen molar-refractivity contribution in [1.82, 2.24) is 19.7 Å². The monoisotopic (exact) mass is 443 g/mol. The fraction of sp³-hybridized carbons (Fsp3) is 0.105. The smallest absolute Gasteiger partial charge is 0.383 e. The zero-order valence-electron chi connectivity index (χ0n) is 16.3. The van der Waals surface area contributed by atoms with Gasteiger partial charge in [0.1, 0.15) is 11.9 Å². The van der Waals surface area contributed by atoms with E-state index in [-0.39, 0.29) is 23.6 Å². The summed E-state index contributed by atoms with van der Waals surface area (Å²) < 4.78 is 41.5. The Morgan fingerprint density at radius 3 is 2.47 bits per heavy atom. The van der Waals surface area contributed by atoms with Crippen LogP contribution in [0.3, 0.4) is 0 Å². The van der Waals surface area contributed by atoms with Gasteiger partial charge in [0.25, 0.3) is 5.91 Å². The molecule has 164 valence electrons. The van der Waals surface area contributed by atoms with E-state index in [4.69, 9.17) is 21.8 Å². The molecule has 0 aliphatic heterocycles. The zero-order valence-corrected chi connectivity index (χ0v) is 16.3. The van der Waals surface area contributed by atoms with Gasteiger partial charge in [0, 0.05) is 24.8 Å². The van der Waals surface area contributed by atoms with Crippen molar-refractivity contribution in [2.75, 3.05) is 11.1 Å². The molecule has 3 aromatic rings. The quantitative estimate of drug-likeness (QED) is 0.442. The lowest BCUT2D eigenvalue weighted by atomic mass is 10.2. The third-order valence-electron chi connectivity index (χ3n) is 3.81. The first kappa shape index (κ1) is 23.7. The third kappa shape index (κ3) is 5.95. The van der Waals surface area contributed by atoms with Gasteiger partial charge in [-0.1, -0.05) is 0 Å². The SMILES string of the molecule is N#Cc1cc(NC(=O)c2cnn(Cc3ccncc3)c2C(F)(F)F)cnc1N.N=CC=N. The molecule has 13 heteroatoms. The van der Waals surface area contributed by atoms with Gasteiger partial charge in [-0.15, -0.1) is 0 Å². The van der Waals surface area contributed by atoms with Crippen molar-refractivity contribution in [2.24, 2.45) is 0 Å². The van der Waals surface area contributed by atoms with E-state index in [1.54, 1.807) is 18.2 Å². The molecule has 3 rings (SSSR count). The van der Waals surface area contributed by atoms with Crippen LogP contribution in [0.4, 0.5) is 24.7 Å². The highest BCUT2D eigenvalue weighted by Crippen LogP contribution is 2.33. The summed E-state index contributed by atoms with van der Waals surface area (Å²) >= 11 is 0. The topological polar surface area (TPSA) is 170 Å². The number of nitrogens with two attached hydrogens (primary N) is 1. The van der Waals surface area contributed by atoms with Gasteiger partial charge in [-0.05, 0) is 23.8 Å². The van der Waals surface area contributed by atoms with E-state index in [0.29, 0.717) is 10.2 Å². The summed E-state index contributed by atoms with van der Waals surface area (Å²) in [5.41, 5.74) is 4.20. The number of nitrogens with one attached hydrogen (secondary N) is 3. The van der Waals surface area contributed by atoms with Crippen molar-refractivity contribution in [3.8, 4) is 6.07 Å². The normalized spacial score (nSPS) is 10.3. The Balaban J connectivity index is 0.000000837. The Morgan fingerprint density at radius 1 is 1.25 bits per heavy atom. The van der Waals surface area contributed by atoms with E-state index in [1.165, 1.54) is 18.5 Å². The van der Waals surface area contributed by atoms with Crippen LogP contribution in [-0.2, 0) is 12.7 Å². The average molecular weight is 443 g/mol. The van der Waals surface area contributed by atoms with Crippen LogP contribution in [0.25, 0.3) is 0 Å². The zero-order chi connectivity index (χ0) is 23.7. The molecule has 0 aliphatic carbocycles. The molecule has 0 aromatic carbocycles. The Morgan fingerprint density at radius 2 is 1.91 bits per heavy atom. The van der Waals surface area contributed by atoms with Gasteiger partial charge in [-0.2, -0.15) is 23.5 Å². The molecular weight excluding hydrogens is 427 g/mol. The van der Waals surface area contributed by atoms with Crippen molar-refractivity contribution in [3.63, 3.8) is 0 Å². The molecule has 0 radical (unpaired) electrons. The molecule has 0 spiro atoms. The molecule has 0 atom stereocenters. The summed E-state index contributed by atoms with van der Waals surface area (Å²) in [6, 6.07) is 6.09. The fourth-order valence-electron chi connectivity index (χ4n) is 2.46. The second-order valence-electron chi connectivity index (χ2n) is 5.97. The summed E-state index contributed by atoms with van der Waals surface area (Å²) in [7, 11) is 0. The highest BCUT2D eigenvalue weighted by molar-refractivity contribution is 6.12. The van der Waals surface area contributed by atoms with E-state index in [2.05, 4.69) is 20.4 Å². The van der Waals surface area contributed by atoms with Gasteiger partial charge >= 0.3 is 6.18 Å². The van der Waals surface area contributed by atoms with Crippen molar-refractivity contribution in [2.45, 2.75) is 12.7 Å². The number of amides is 1. The summed E-state index contributed by atoms with van der Waals surface area (Å²) in [5.74, 6) is -1.09. The van der Waals surface area contributed by atoms with Crippen LogP contribution in [0.1, 0.15) is 27.2 Å². The Kier molecular flexibility index (Phi) is 7.72. The summed E-state index contributed by atoms with van der Waals surface area (Å²) in [6.07, 6.45) is 1.90. The minimum absolute atomic E-state index is 0.0118.